The SMILES string of the molecule is CCc1ccccc1CN1CCCCC1CO. The number of likely N-dealkylation sites (tertiary alicyclic amines) is 1. The van der Waals surface area contributed by atoms with Crippen LogP contribution in [0.1, 0.15) is 37.3 Å². The zero-order chi connectivity index (χ0) is 12.1. The number of rotatable bonds is 4. The molecule has 0 bridgehead atoms. The summed E-state index contributed by atoms with van der Waals surface area (Å²) in [5, 5.41) is 9.42. The molecule has 2 nitrogen and oxygen atoms in total. The van der Waals surface area contributed by atoms with Crippen molar-refractivity contribution < 1.29 is 5.11 Å². The Labute approximate surface area is 104 Å². The Balaban J connectivity index is 2.08. The van der Waals surface area contributed by atoms with Crippen LogP contribution in [0.3, 0.4) is 0 Å². The summed E-state index contributed by atoms with van der Waals surface area (Å²) in [7, 11) is 0. The summed E-state index contributed by atoms with van der Waals surface area (Å²) >= 11 is 0. The fourth-order valence-corrected chi connectivity index (χ4v) is 2.75. The van der Waals surface area contributed by atoms with Crippen molar-refractivity contribution in [3.8, 4) is 0 Å². The first-order valence-corrected chi connectivity index (χ1v) is 6.76. The molecule has 17 heavy (non-hydrogen) atoms. The lowest BCUT2D eigenvalue weighted by molar-refractivity contribution is 0.0839. The van der Waals surface area contributed by atoms with Crippen LogP contribution in [0.2, 0.25) is 0 Å². The van der Waals surface area contributed by atoms with E-state index in [0.717, 1.165) is 25.9 Å². The number of aryl methyl sites for hydroxylation is 1. The third-order valence-electron chi connectivity index (χ3n) is 3.83. The van der Waals surface area contributed by atoms with E-state index in [1.807, 2.05) is 0 Å². The van der Waals surface area contributed by atoms with Gasteiger partial charge in [-0.2, -0.15) is 0 Å². The van der Waals surface area contributed by atoms with Crippen LogP contribution in [-0.4, -0.2) is 29.2 Å². The minimum atomic E-state index is 0.300. The second kappa shape index (κ2) is 6.18. The Morgan fingerprint density at radius 1 is 1.24 bits per heavy atom. The lowest BCUT2D eigenvalue weighted by atomic mass is 9.99. The second-order valence-corrected chi connectivity index (χ2v) is 4.92. The van der Waals surface area contributed by atoms with E-state index in [2.05, 4.69) is 36.1 Å². The quantitative estimate of drug-likeness (QED) is 0.864. The van der Waals surface area contributed by atoms with Crippen molar-refractivity contribution in [1.29, 1.82) is 0 Å². The lowest BCUT2D eigenvalue weighted by Crippen LogP contribution is -2.41. The van der Waals surface area contributed by atoms with E-state index in [1.54, 1.807) is 0 Å². The molecule has 0 radical (unpaired) electrons. The Morgan fingerprint density at radius 3 is 2.71 bits per heavy atom. The Morgan fingerprint density at radius 2 is 2.00 bits per heavy atom. The predicted molar refractivity (Wildman–Crippen MR) is 71.0 cm³/mol. The molecule has 94 valence electrons. The summed E-state index contributed by atoms with van der Waals surface area (Å²) in [6.45, 7) is 4.63. The first-order valence-electron chi connectivity index (χ1n) is 6.76. The lowest BCUT2D eigenvalue weighted by Gasteiger charge is -2.35. The summed E-state index contributed by atoms with van der Waals surface area (Å²) < 4.78 is 0. The van der Waals surface area contributed by atoms with Crippen molar-refractivity contribution in [2.24, 2.45) is 0 Å². The van der Waals surface area contributed by atoms with Gasteiger partial charge in [0, 0.05) is 12.6 Å². The zero-order valence-corrected chi connectivity index (χ0v) is 10.7. The van der Waals surface area contributed by atoms with Crippen LogP contribution in [0.4, 0.5) is 0 Å². The molecule has 2 rings (SSSR count). The molecule has 1 saturated heterocycles. The van der Waals surface area contributed by atoms with Crippen molar-refractivity contribution in [2.45, 2.75) is 45.2 Å². The fraction of sp³-hybridized carbons (Fsp3) is 0.600. The predicted octanol–water partition coefficient (Wildman–Crippen LogP) is 2.60. The molecule has 1 aromatic carbocycles. The van der Waals surface area contributed by atoms with Crippen molar-refractivity contribution >= 4 is 0 Å². The third-order valence-corrected chi connectivity index (χ3v) is 3.83. The number of aliphatic hydroxyl groups is 1. The van der Waals surface area contributed by atoms with Gasteiger partial charge in [0.15, 0.2) is 0 Å². The summed E-state index contributed by atoms with van der Waals surface area (Å²) in [4.78, 5) is 2.44. The third kappa shape index (κ3) is 3.08. The van der Waals surface area contributed by atoms with E-state index in [9.17, 15) is 5.11 Å². The van der Waals surface area contributed by atoms with Gasteiger partial charge in [0.1, 0.15) is 0 Å². The minimum Gasteiger partial charge on any atom is -0.395 e. The molecule has 1 aliphatic rings. The summed E-state index contributed by atoms with van der Waals surface area (Å²) in [6, 6.07) is 9.04. The topological polar surface area (TPSA) is 23.5 Å². The van der Waals surface area contributed by atoms with E-state index in [0.29, 0.717) is 12.6 Å². The highest BCUT2D eigenvalue weighted by atomic mass is 16.3. The first kappa shape index (κ1) is 12.6. The molecule has 0 amide bonds. The number of aliphatic hydroxyl groups excluding tert-OH is 1. The molecule has 1 N–H and O–H groups in total. The highest BCUT2D eigenvalue weighted by Crippen LogP contribution is 2.21. The monoisotopic (exact) mass is 233 g/mol. The van der Waals surface area contributed by atoms with Gasteiger partial charge in [-0.05, 0) is 36.9 Å². The number of benzene rings is 1. The Kier molecular flexibility index (Phi) is 4.57. The fourth-order valence-electron chi connectivity index (χ4n) is 2.75. The van der Waals surface area contributed by atoms with Crippen LogP contribution in [0, 0.1) is 0 Å². The number of hydrogen-bond donors (Lipinski definition) is 1. The van der Waals surface area contributed by atoms with Gasteiger partial charge in [-0.3, -0.25) is 4.90 Å². The van der Waals surface area contributed by atoms with Gasteiger partial charge in [0.2, 0.25) is 0 Å². The van der Waals surface area contributed by atoms with Gasteiger partial charge < -0.3 is 5.11 Å². The Hall–Kier alpha value is -0.860. The van der Waals surface area contributed by atoms with Gasteiger partial charge in [0.05, 0.1) is 6.61 Å². The van der Waals surface area contributed by atoms with Crippen molar-refractivity contribution in [3.05, 3.63) is 35.4 Å². The molecule has 1 aliphatic heterocycles. The molecule has 1 atom stereocenters. The zero-order valence-electron chi connectivity index (χ0n) is 10.7. The van der Waals surface area contributed by atoms with Gasteiger partial charge in [-0.1, -0.05) is 37.6 Å². The van der Waals surface area contributed by atoms with Gasteiger partial charge in [-0.15, -0.1) is 0 Å². The van der Waals surface area contributed by atoms with Gasteiger partial charge in [0.25, 0.3) is 0 Å². The Bertz CT molecular complexity index is 351. The van der Waals surface area contributed by atoms with Gasteiger partial charge >= 0.3 is 0 Å². The maximum Gasteiger partial charge on any atom is 0.0586 e. The van der Waals surface area contributed by atoms with E-state index in [1.165, 1.54) is 24.0 Å². The van der Waals surface area contributed by atoms with Crippen LogP contribution in [-0.2, 0) is 13.0 Å². The van der Waals surface area contributed by atoms with E-state index in [4.69, 9.17) is 0 Å². The van der Waals surface area contributed by atoms with E-state index < -0.39 is 0 Å². The standard InChI is InChI=1S/C15H23NO/c1-2-13-7-3-4-8-14(13)11-16-10-6-5-9-15(16)12-17/h3-4,7-8,15,17H,2,5-6,9-12H2,1H3. The maximum absolute atomic E-state index is 9.42. The molecule has 0 aliphatic carbocycles. The largest absolute Gasteiger partial charge is 0.395 e. The average molecular weight is 233 g/mol. The molecular weight excluding hydrogens is 210 g/mol. The molecule has 0 saturated carbocycles. The van der Waals surface area contributed by atoms with Crippen LogP contribution >= 0.6 is 0 Å². The number of hydrogen-bond acceptors (Lipinski definition) is 2. The van der Waals surface area contributed by atoms with Crippen LogP contribution in [0.25, 0.3) is 0 Å². The normalized spacial score (nSPS) is 21.6. The van der Waals surface area contributed by atoms with Crippen LogP contribution in [0.15, 0.2) is 24.3 Å². The molecule has 1 heterocycles. The summed E-state index contributed by atoms with van der Waals surface area (Å²) in [5.74, 6) is 0. The molecular formula is C15H23NO. The number of piperidine rings is 1. The highest BCUT2D eigenvalue weighted by molar-refractivity contribution is 5.27. The minimum absolute atomic E-state index is 0.300. The molecule has 1 aromatic rings. The molecule has 0 aromatic heterocycles. The smallest absolute Gasteiger partial charge is 0.0586 e. The van der Waals surface area contributed by atoms with Crippen molar-refractivity contribution in [2.75, 3.05) is 13.2 Å². The van der Waals surface area contributed by atoms with Crippen LogP contribution in [0.5, 0.6) is 0 Å². The maximum atomic E-state index is 9.42. The van der Waals surface area contributed by atoms with Crippen molar-refractivity contribution in [3.63, 3.8) is 0 Å². The van der Waals surface area contributed by atoms with E-state index >= 15 is 0 Å². The first-order chi connectivity index (χ1) is 8.35. The molecule has 1 unspecified atom stereocenters. The van der Waals surface area contributed by atoms with E-state index in [-0.39, 0.29) is 0 Å². The van der Waals surface area contributed by atoms with Gasteiger partial charge in [-0.25, -0.2) is 0 Å². The summed E-state index contributed by atoms with van der Waals surface area (Å²) in [6.07, 6.45) is 4.76. The molecule has 1 fully saturated rings. The van der Waals surface area contributed by atoms with Crippen LogP contribution < -0.4 is 0 Å². The summed E-state index contributed by atoms with van der Waals surface area (Å²) in [5.41, 5.74) is 2.87. The average Bonchev–Trinajstić information content (AvgIpc) is 2.40. The second-order valence-electron chi connectivity index (χ2n) is 4.92. The number of nitrogens with zero attached hydrogens (tertiary/aromatic N) is 1. The molecule has 0 spiro atoms. The molecule has 2 heteroatoms. The highest BCUT2D eigenvalue weighted by Gasteiger charge is 2.21. The van der Waals surface area contributed by atoms with Crippen molar-refractivity contribution in [1.82, 2.24) is 4.90 Å².